The van der Waals surface area contributed by atoms with Gasteiger partial charge in [-0.05, 0) is 37.5 Å². The lowest BCUT2D eigenvalue weighted by Crippen LogP contribution is -2.25. The SMILES string of the molecule is Cc1ccc(C(=O)C(C#N)C(=O)C2CC2)c(S(C)(=O)=O)c1. The van der Waals surface area contributed by atoms with E-state index < -0.39 is 27.3 Å². The Hall–Kier alpha value is -2.00. The van der Waals surface area contributed by atoms with Crippen molar-refractivity contribution in [1.29, 1.82) is 5.26 Å². The van der Waals surface area contributed by atoms with E-state index in [1.54, 1.807) is 19.1 Å². The van der Waals surface area contributed by atoms with Gasteiger partial charge in [0.2, 0.25) is 0 Å². The second-order valence-corrected chi connectivity index (χ2v) is 7.36. The molecule has 1 aliphatic rings. The third-order valence-corrected chi connectivity index (χ3v) is 4.59. The molecule has 0 N–H and O–H groups in total. The number of carbonyl (C=O) groups is 2. The Morgan fingerprint density at radius 3 is 2.43 bits per heavy atom. The molecule has 1 unspecified atom stereocenters. The maximum Gasteiger partial charge on any atom is 0.188 e. The molecule has 0 amide bonds. The normalized spacial score (nSPS) is 16.0. The Balaban J connectivity index is 2.48. The van der Waals surface area contributed by atoms with Crippen LogP contribution in [0.25, 0.3) is 0 Å². The van der Waals surface area contributed by atoms with Gasteiger partial charge in [0, 0.05) is 17.7 Å². The van der Waals surface area contributed by atoms with Gasteiger partial charge in [0.05, 0.1) is 11.0 Å². The lowest BCUT2D eigenvalue weighted by Gasteiger charge is -2.11. The highest BCUT2D eigenvalue weighted by Crippen LogP contribution is 2.33. The maximum atomic E-state index is 12.4. The van der Waals surface area contributed by atoms with Gasteiger partial charge in [-0.15, -0.1) is 0 Å². The Morgan fingerprint density at radius 1 is 1.33 bits per heavy atom. The van der Waals surface area contributed by atoms with Crippen LogP contribution in [0, 0.1) is 30.1 Å². The van der Waals surface area contributed by atoms with Gasteiger partial charge >= 0.3 is 0 Å². The van der Waals surface area contributed by atoms with E-state index in [1.807, 2.05) is 0 Å². The number of sulfone groups is 1. The Morgan fingerprint density at radius 2 is 1.95 bits per heavy atom. The fourth-order valence-electron chi connectivity index (χ4n) is 2.15. The monoisotopic (exact) mass is 305 g/mol. The number of benzene rings is 1. The van der Waals surface area contributed by atoms with Gasteiger partial charge in [-0.1, -0.05) is 6.07 Å². The summed E-state index contributed by atoms with van der Waals surface area (Å²) in [5, 5.41) is 9.11. The van der Waals surface area contributed by atoms with Crippen molar-refractivity contribution >= 4 is 21.4 Å². The van der Waals surface area contributed by atoms with E-state index in [-0.39, 0.29) is 16.4 Å². The molecule has 1 aromatic carbocycles. The summed E-state index contributed by atoms with van der Waals surface area (Å²) in [5.41, 5.74) is 0.609. The molecule has 21 heavy (non-hydrogen) atoms. The first-order valence-electron chi connectivity index (χ1n) is 6.54. The number of nitrogens with zero attached hydrogens (tertiary/aromatic N) is 1. The summed E-state index contributed by atoms with van der Waals surface area (Å²) in [7, 11) is -3.61. The zero-order valence-corrected chi connectivity index (χ0v) is 12.6. The van der Waals surface area contributed by atoms with Gasteiger partial charge in [0.25, 0.3) is 0 Å². The molecule has 1 aliphatic carbocycles. The number of carbonyl (C=O) groups excluding carboxylic acids is 2. The van der Waals surface area contributed by atoms with E-state index in [0.29, 0.717) is 18.4 Å². The largest absolute Gasteiger partial charge is 0.297 e. The Labute approximate surface area is 123 Å². The number of Topliss-reactive ketones (excluding diaryl/α,β-unsaturated/α-hetero) is 2. The molecule has 0 radical (unpaired) electrons. The van der Waals surface area contributed by atoms with Crippen molar-refractivity contribution in [3.05, 3.63) is 29.3 Å². The first-order valence-corrected chi connectivity index (χ1v) is 8.43. The number of hydrogen-bond acceptors (Lipinski definition) is 5. The lowest BCUT2D eigenvalue weighted by molar-refractivity contribution is -0.121. The van der Waals surface area contributed by atoms with Crippen molar-refractivity contribution in [2.45, 2.75) is 24.7 Å². The molecule has 0 aromatic heterocycles. The highest BCUT2D eigenvalue weighted by molar-refractivity contribution is 7.90. The summed E-state index contributed by atoms with van der Waals surface area (Å²) in [5.74, 6) is -2.77. The number of rotatable bonds is 5. The standard InChI is InChI=1S/C15H15NO4S/c1-9-3-6-11(13(7-9)21(2,19)20)15(18)12(8-16)14(17)10-4-5-10/h3,6-7,10,12H,4-5H2,1-2H3. The van der Waals surface area contributed by atoms with Gasteiger partial charge in [0.15, 0.2) is 27.3 Å². The number of aryl methyl sites for hydroxylation is 1. The summed E-state index contributed by atoms with van der Waals surface area (Å²) in [6.07, 6.45) is 2.39. The van der Waals surface area contributed by atoms with Crippen molar-refractivity contribution in [1.82, 2.24) is 0 Å². The first-order chi connectivity index (χ1) is 9.75. The van der Waals surface area contributed by atoms with Crippen LogP contribution in [-0.4, -0.2) is 26.2 Å². The van der Waals surface area contributed by atoms with Crippen LogP contribution in [0.3, 0.4) is 0 Å². The molecule has 1 aromatic rings. The lowest BCUT2D eigenvalue weighted by atomic mass is 9.92. The van der Waals surface area contributed by atoms with E-state index in [0.717, 1.165) is 6.26 Å². The van der Waals surface area contributed by atoms with E-state index in [4.69, 9.17) is 5.26 Å². The minimum absolute atomic E-state index is 0.0800. The van der Waals surface area contributed by atoms with Crippen molar-refractivity contribution in [3.8, 4) is 6.07 Å². The quantitative estimate of drug-likeness (QED) is 0.610. The molecule has 2 rings (SSSR count). The Bertz CT molecular complexity index is 754. The van der Waals surface area contributed by atoms with E-state index in [1.165, 1.54) is 12.1 Å². The molecule has 0 aliphatic heterocycles. The summed E-state index contributed by atoms with van der Waals surface area (Å²) < 4.78 is 23.6. The predicted molar refractivity (Wildman–Crippen MR) is 75.5 cm³/mol. The van der Waals surface area contributed by atoms with Crippen molar-refractivity contribution in [2.75, 3.05) is 6.26 Å². The van der Waals surface area contributed by atoms with Gasteiger partial charge in [-0.25, -0.2) is 8.42 Å². The molecular formula is C15H15NO4S. The van der Waals surface area contributed by atoms with Crippen LogP contribution >= 0.6 is 0 Å². The summed E-state index contributed by atoms with van der Waals surface area (Å²) in [6, 6.07) is 6.08. The van der Waals surface area contributed by atoms with Gasteiger partial charge in [0.1, 0.15) is 0 Å². The van der Waals surface area contributed by atoms with Crippen LogP contribution in [0.1, 0.15) is 28.8 Å². The van der Waals surface area contributed by atoms with Crippen LogP contribution in [0.5, 0.6) is 0 Å². The van der Waals surface area contributed by atoms with Crippen LogP contribution in [0.15, 0.2) is 23.1 Å². The summed E-state index contributed by atoms with van der Waals surface area (Å²) >= 11 is 0. The van der Waals surface area contributed by atoms with Crippen LogP contribution < -0.4 is 0 Å². The zero-order valence-electron chi connectivity index (χ0n) is 11.8. The molecule has 1 atom stereocenters. The average Bonchev–Trinajstić information content (AvgIpc) is 3.22. The fourth-order valence-corrected chi connectivity index (χ4v) is 3.12. The highest BCUT2D eigenvalue weighted by Gasteiger charge is 2.39. The third kappa shape index (κ3) is 3.19. The fraction of sp³-hybridized carbons (Fsp3) is 0.400. The molecule has 110 valence electrons. The van der Waals surface area contributed by atoms with Crippen LogP contribution in [0.4, 0.5) is 0 Å². The average molecular weight is 305 g/mol. The number of ketones is 2. The minimum Gasteiger partial charge on any atom is -0.297 e. The molecule has 0 saturated heterocycles. The Kier molecular flexibility index (Phi) is 3.97. The summed E-state index contributed by atoms with van der Waals surface area (Å²) in [6.45, 7) is 1.71. The van der Waals surface area contributed by atoms with Gasteiger partial charge in [-0.2, -0.15) is 5.26 Å². The highest BCUT2D eigenvalue weighted by atomic mass is 32.2. The molecule has 0 bridgehead atoms. The van der Waals surface area contributed by atoms with Crippen LogP contribution in [0.2, 0.25) is 0 Å². The number of hydrogen-bond donors (Lipinski definition) is 0. The first kappa shape index (κ1) is 15.4. The van der Waals surface area contributed by atoms with Gasteiger partial charge in [-0.3, -0.25) is 9.59 Å². The van der Waals surface area contributed by atoms with Crippen molar-refractivity contribution < 1.29 is 18.0 Å². The third-order valence-electron chi connectivity index (χ3n) is 3.46. The minimum atomic E-state index is -3.61. The maximum absolute atomic E-state index is 12.4. The molecule has 5 nitrogen and oxygen atoms in total. The molecule has 0 spiro atoms. The second-order valence-electron chi connectivity index (χ2n) is 5.37. The zero-order chi connectivity index (χ0) is 15.8. The second kappa shape index (κ2) is 5.41. The number of nitriles is 1. The molecule has 0 heterocycles. The molecular weight excluding hydrogens is 290 g/mol. The van der Waals surface area contributed by atoms with Crippen molar-refractivity contribution in [3.63, 3.8) is 0 Å². The van der Waals surface area contributed by atoms with E-state index in [9.17, 15) is 18.0 Å². The van der Waals surface area contributed by atoms with Crippen molar-refractivity contribution in [2.24, 2.45) is 11.8 Å². The predicted octanol–water partition coefficient (Wildman–Crippen LogP) is 1.70. The van der Waals surface area contributed by atoms with E-state index >= 15 is 0 Å². The smallest absolute Gasteiger partial charge is 0.188 e. The van der Waals surface area contributed by atoms with Gasteiger partial charge < -0.3 is 0 Å². The molecule has 1 saturated carbocycles. The van der Waals surface area contributed by atoms with Crippen LogP contribution in [-0.2, 0) is 14.6 Å². The van der Waals surface area contributed by atoms with E-state index in [2.05, 4.69) is 0 Å². The molecule has 6 heteroatoms. The summed E-state index contributed by atoms with van der Waals surface area (Å²) in [4.78, 5) is 24.3. The molecule has 1 fully saturated rings. The topological polar surface area (TPSA) is 92.1 Å².